The van der Waals surface area contributed by atoms with Crippen molar-refractivity contribution in [1.29, 1.82) is 0 Å². The molecular weight excluding hydrogens is 326 g/mol. The maximum absolute atomic E-state index is 12.0. The number of anilines is 1. The summed E-state index contributed by atoms with van der Waals surface area (Å²) in [6, 6.07) is 3.23. The van der Waals surface area contributed by atoms with Crippen molar-refractivity contribution in [2.75, 3.05) is 18.5 Å². The molecule has 25 heavy (non-hydrogen) atoms. The molecule has 4 rings (SSSR count). The SMILES string of the molecule is O=C(NCCc1noc([C@@H]2CCCO2)n1)Nc1cccn2cnnc12. The fourth-order valence-corrected chi connectivity index (χ4v) is 2.68. The molecule has 1 aliphatic heterocycles. The molecule has 1 fully saturated rings. The van der Waals surface area contributed by atoms with Crippen LogP contribution >= 0.6 is 0 Å². The smallest absolute Gasteiger partial charge is 0.319 e. The van der Waals surface area contributed by atoms with E-state index >= 15 is 0 Å². The van der Waals surface area contributed by atoms with Gasteiger partial charge in [-0.05, 0) is 25.0 Å². The highest BCUT2D eigenvalue weighted by Gasteiger charge is 2.23. The molecule has 2 amide bonds. The van der Waals surface area contributed by atoms with E-state index in [0.29, 0.717) is 36.0 Å². The van der Waals surface area contributed by atoms with Crippen LogP contribution in [0.5, 0.6) is 0 Å². The van der Waals surface area contributed by atoms with E-state index in [-0.39, 0.29) is 12.1 Å². The van der Waals surface area contributed by atoms with Crippen molar-refractivity contribution < 1.29 is 14.1 Å². The first kappa shape index (κ1) is 15.5. The van der Waals surface area contributed by atoms with Gasteiger partial charge < -0.3 is 19.9 Å². The lowest BCUT2D eigenvalue weighted by atomic mass is 10.2. The highest BCUT2D eigenvalue weighted by molar-refractivity contribution is 5.92. The van der Waals surface area contributed by atoms with Gasteiger partial charge in [0.25, 0.3) is 5.89 Å². The minimum atomic E-state index is -0.334. The average Bonchev–Trinajstić information content (AvgIpc) is 3.36. The number of nitrogens with zero attached hydrogens (tertiary/aromatic N) is 5. The number of ether oxygens (including phenoxy) is 1. The maximum Gasteiger partial charge on any atom is 0.319 e. The molecule has 3 aromatic rings. The van der Waals surface area contributed by atoms with Gasteiger partial charge in [-0.15, -0.1) is 10.2 Å². The lowest BCUT2D eigenvalue weighted by Gasteiger charge is -2.07. The van der Waals surface area contributed by atoms with Crippen molar-refractivity contribution in [3.8, 4) is 0 Å². The number of fused-ring (bicyclic) bond motifs is 1. The molecule has 0 bridgehead atoms. The van der Waals surface area contributed by atoms with E-state index in [9.17, 15) is 4.79 Å². The summed E-state index contributed by atoms with van der Waals surface area (Å²) in [5.41, 5.74) is 1.16. The molecule has 10 nitrogen and oxygen atoms in total. The molecule has 4 heterocycles. The van der Waals surface area contributed by atoms with E-state index in [1.165, 1.54) is 0 Å². The topological polar surface area (TPSA) is 119 Å². The number of urea groups is 1. The number of aromatic nitrogens is 5. The summed E-state index contributed by atoms with van der Waals surface area (Å²) < 4.78 is 12.4. The van der Waals surface area contributed by atoms with Gasteiger partial charge in [0, 0.05) is 25.8 Å². The molecule has 0 spiro atoms. The number of nitrogens with one attached hydrogen (secondary N) is 2. The lowest BCUT2D eigenvalue weighted by molar-refractivity contribution is 0.0835. The largest absolute Gasteiger partial charge is 0.368 e. The van der Waals surface area contributed by atoms with Crippen molar-refractivity contribution >= 4 is 17.4 Å². The summed E-state index contributed by atoms with van der Waals surface area (Å²) >= 11 is 0. The minimum absolute atomic E-state index is 0.0962. The maximum atomic E-state index is 12.0. The highest BCUT2D eigenvalue weighted by atomic mass is 16.5. The van der Waals surface area contributed by atoms with Gasteiger partial charge >= 0.3 is 6.03 Å². The lowest BCUT2D eigenvalue weighted by Crippen LogP contribution is -2.30. The first-order chi connectivity index (χ1) is 12.3. The van der Waals surface area contributed by atoms with Crippen LogP contribution < -0.4 is 10.6 Å². The number of carbonyl (C=O) groups is 1. The van der Waals surface area contributed by atoms with Crippen LogP contribution in [0.4, 0.5) is 10.5 Å². The summed E-state index contributed by atoms with van der Waals surface area (Å²) in [6.45, 7) is 1.11. The number of pyridine rings is 1. The Morgan fingerprint density at radius 1 is 1.44 bits per heavy atom. The second-order valence-corrected chi connectivity index (χ2v) is 5.67. The number of hydrogen-bond acceptors (Lipinski definition) is 7. The molecular formula is C15H17N7O3. The summed E-state index contributed by atoms with van der Waals surface area (Å²) in [5, 5.41) is 17.2. The monoisotopic (exact) mass is 343 g/mol. The molecule has 0 unspecified atom stereocenters. The van der Waals surface area contributed by atoms with E-state index < -0.39 is 0 Å². The van der Waals surface area contributed by atoms with Gasteiger partial charge in [0.15, 0.2) is 11.5 Å². The van der Waals surface area contributed by atoms with Gasteiger partial charge in [-0.1, -0.05) is 5.16 Å². The van der Waals surface area contributed by atoms with Crippen LogP contribution in [-0.4, -0.2) is 43.9 Å². The second kappa shape index (κ2) is 6.85. The molecule has 10 heteroatoms. The first-order valence-electron chi connectivity index (χ1n) is 8.07. The molecule has 0 saturated carbocycles. The van der Waals surface area contributed by atoms with Crippen molar-refractivity contribution in [3.63, 3.8) is 0 Å². The Hall–Kier alpha value is -3.01. The Morgan fingerprint density at radius 2 is 2.40 bits per heavy atom. The number of amides is 2. The van der Waals surface area contributed by atoms with Gasteiger partial charge in [-0.3, -0.25) is 4.40 Å². The van der Waals surface area contributed by atoms with Crippen molar-refractivity contribution in [2.45, 2.75) is 25.4 Å². The fraction of sp³-hybridized carbons (Fsp3) is 0.400. The van der Waals surface area contributed by atoms with Crippen LogP contribution in [0.15, 0.2) is 29.2 Å². The predicted molar refractivity (Wildman–Crippen MR) is 85.9 cm³/mol. The van der Waals surface area contributed by atoms with Gasteiger partial charge in [-0.2, -0.15) is 4.98 Å². The van der Waals surface area contributed by atoms with E-state index in [1.54, 1.807) is 29.1 Å². The highest BCUT2D eigenvalue weighted by Crippen LogP contribution is 2.26. The molecule has 1 aliphatic rings. The van der Waals surface area contributed by atoms with Crippen molar-refractivity contribution in [2.24, 2.45) is 0 Å². The molecule has 3 aromatic heterocycles. The molecule has 1 atom stereocenters. The zero-order valence-electron chi connectivity index (χ0n) is 13.4. The Kier molecular flexibility index (Phi) is 4.25. The van der Waals surface area contributed by atoms with E-state index in [2.05, 4.69) is 31.0 Å². The van der Waals surface area contributed by atoms with Crippen molar-refractivity contribution in [3.05, 3.63) is 36.4 Å². The van der Waals surface area contributed by atoms with Crippen LogP contribution in [0, 0.1) is 0 Å². The average molecular weight is 343 g/mol. The number of hydrogen-bond donors (Lipinski definition) is 2. The Labute approximate surface area is 142 Å². The number of rotatable bonds is 5. The van der Waals surface area contributed by atoms with E-state index in [0.717, 1.165) is 19.4 Å². The normalized spacial score (nSPS) is 17.0. The van der Waals surface area contributed by atoms with Crippen LogP contribution in [0.1, 0.15) is 30.7 Å². The van der Waals surface area contributed by atoms with Gasteiger partial charge in [0.1, 0.15) is 12.4 Å². The molecule has 0 aromatic carbocycles. The Balaban J connectivity index is 1.28. The molecule has 0 aliphatic carbocycles. The second-order valence-electron chi connectivity index (χ2n) is 5.67. The predicted octanol–water partition coefficient (Wildman–Crippen LogP) is 1.33. The fourth-order valence-electron chi connectivity index (χ4n) is 2.68. The zero-order valence-corrected chi connectivity index (χ0v) is 13.4. The van der Waals surface area contributed by atoms with Gasteiger partial charge in [-0.25, -0.2) is 4.79 Å². The molecule has 1 saturated heterocycles. The van der Waals surface area contributed by atoms with Crippen molar-refractivity contribution in [1.82, 2.24) is 30.1 Å². The third-order valence-electron chi connectivity index (χ3n) is 3.89. The quantitative estimate of drug-likeness (QED) is 0.717. The number of carbonyl (C=O) groups excluding carboxylic acids is 1. The summed E-state index contributed by atoms with van der Waals surface area (Å²) in [7, 11) is 0. The molecule has 2 N–H and O–H groups in total. The minimum Gasteiger partial charge on any atom is -0.368 e. The molecule has 0 radical (unpaired) electrons. The van der Waals surface area contributed by atoms with E-state index in [4.69, 9.17) is 9.26 Å². The van der Waals surface area contributed by atoms with Crippen LogP contribution in [0.3, 0.4) is 0 Å². The standard InChI is InChI=1S/C15H17N7O3/c23-15(18-10-3-1-7-22-9-17-20-13(10)22)16-6-5-12-19-14(25-21-12)11-4-2-8-24-11/h1,3,7,9,11H,2,4-6,8H2,(H2,16,18,23)/t11-/m0/s1. The molecule has 130 valence electrons. The Bertz CT molecular complexity index is 869. The van der Waals surface area contributed by atoms with E-state index in [1.807, 2.05) is 0 Å². The summed E-state index contributed by atoms with van der Waals surface area (Å²) in [6.07, 6.45) is 5.65. The zero-order chi connectivity index (χ0) is 17.1. The summed E-state index contributed by atoms with van der Waals surface area (Å²) in [5.74, 6) is 1.06. The third-order valence-corrected chi connectivity index (χ3v) is 3.89. The van der Waals surface area contributed by atoms with Gasteiger partial charge in [0.05, 0.1) is 5.69 Å². The van der Waals surface area contributed by atoms with Crippen LogP contribution in [0.2, 0.25) is 0 Å². The third kappa shape index (κ3) is 3.43. The van der Waals surface area contributed by atoms with Crippen LogP contribution in [0.25, 0.3) is 5.65 Å². The summed E-state index contributed by atoms with van der Waals surface area (Å²) in [4.78, 5) is 16.3. The van der Waals surface area contributed by atoms with Gasteiger partial charge in [0.2, 0.25) is 0 Å². The first-order valence-corrected chi connectivity index (χ1v) is 8.07. The Morgan fingerprint density at radius 3 is 3.28 bits per heavy atom. The van der Waals surface area contributed by atoms with Crippen LogP contribution in [-0.2, 0) is 11.2 Å².